The van der Waals surface area contributed by atoms with E-state index in [0.717, 1.165) is 42.7 Å². The van der Waals surface area contributed by atoms with Gasteiger partial charge in [-0.2, -0.15) is 0 Å². The van der Waals surface area contributed by atoms with Crippen LogP contribution in [0.5, 0.6) is 0 Å². The molecule has 0 saturated heterocycles. The third-order valence-electron chi connectivity index (χ3n) is 8.58. The Morgan fingerprint density at radius 2 is 1.87 bits per heavy atom. The number of anilines is 1. The second kappa shape index (κ2) is 8.34. The van der Waals surface area contributed by atoms with E-state index in [-0.39, 0.29) is 0 Å². The molecule has 0 radical (unpaired) electrons. The third-order valence-corrected chi connectivity index (χ3v) is 8.58. The van der Waals surface area contributed by atoms with Gasteiger partial charge in [0.2, 0.25) is 0 Å². The Hall–Kier alpha value is -1.87. The molecular weight excluding hydrogens is 370 g/mol. The lowest BCUT2D eigenvalue weighted by Crippen LogP contribution is -2.36. The minimum Gasteiger partial charge on any atom is -0.396 e. The first kappa shape index (κ1) is 20.1. The van der Waals surface area contributed by atoms with Crippen LogP contribution in [0.15, 0.2) is 47.1 Å². The highest BCUT2D eigenvalue weighted by Gasteiger charge is 2.49. The first-order valence-electron chi connectivity index (χ1n) is 12.0. The lowest BCUT2D eigenvalue weighted by atomic mass is 9.57. The Balaban J connectivity index is 1.56. The van der Waals surface area contributed by atoms with E-state index in [9.17, 15) is 9.90 Å². The van der Waals surface area contributed by atoms with E-state index in [4.69, 9.17) is 0 Å². The molecule has 3 heteroatoms. The molecule has 3 unspecified atom stereocenters. The molecule has 0 aromatic heterocycles. The smallest absolute Gasteiger partial charge is 0.156 e. The van der Waals surface area contributed by atoms with E-state index in [1.54, 1.807) is 11.1 Å². The van der Waals surface area contributed by atoms with Gasteiger partial charge in [-0.15, -0.1) is 0 Å². The number of carbonyl (C=O) groups is 1. The summed E-state index contributed by atoms with van der Waals surface area (Å²) in [5.74, 6) is 3.87. The summed E-state index contributed by atoms with van der Waals surface area (Å²) >= 11 is 0. The van der Waals surface area contributed by atoms with Gasteiger partial charge in [-0.05, 0) is 110 Å². The zero-order valence-corrected chi connectivity index (χ0v) is 18.2. The van der Waals surface area contributed by atoms with Crippen molar-refractivity contribution in [2.45, 2.75) is 63.7 Å². The first-order chi connectivity index (χ1) is 14.7. The predicted molar refractivity (Wildman–Crippen MR) is 121 cm³/mol. The highest BCUT2D eigenvalue weighted by molar-refractivity contribution is 5.93. The van der Waals surface area contributed by atoms with Crippen molar-refractivity contribution in [1.82, 2.24) is 0 Å². The van der Waals surface area contributed by atoms with Crippen LogP contribution in [-0.4, -0.2) is 24.5 Å². The number of benzene rings is 1. The number of allylic oxidation sites excluding steroid dienone is 4. The molecule has 2 N–H and O–H groups in total. The highest BCUT2D eigenvalue weighted by atomic mass is 16.2. The molecular formula is C27H35NO2. The summed E-state index contributed by atoms with van der Waals surface area (Å²) in [5.41, 5.74) is 7.21. The van der Waals surface area contributed by atoms with Crippen LogP contribution in [0.3, 0.4) is 0 Å². The van der Waals surface area contributed by atoms with Gasteiger partial charge in [0.05, 0.1) is 0 Å². The van der Waals surface area contributed by atoms with E-state index in [1.165, 1.54) is 43.2 Å². The summed E-state index contributed by atoms with van der Waals surface area (Å²) in [6.07, 6.45) is 12.0. The van der Waals surface area contributed by atoms with Crippen LogP contribution in [-0.2, 0) is 4.79 Å². The van der Waals surface area contributed by atoms with E-state index in [1.807, 2.05) is 13.1 Å². The van der Waals surface area contributed by atoms with Crippen LogP contribution in [0.4, 0.5) is 5.69 Å². The van der Waals surface area contributed by atoms with Gasteiger partial charge >= 0.3 is 0 Å². The summed E-state index contributed by atoms with van der Waals surface area (Å²) in [5, 5.41) is 12.6. The fourth-order valence-corrected chi connectivity index (χ4v) is 7.28. The number of hydrogen-bond acceptors (Lipinski definition) is 3. The molecule has 4 aliphatic rings. The molecule has 0 spiro atoms. The van der Waals surface area contributed by atoms with Crippen molar-refractivity contribution in [3.63, 3.8) is 0 Å². The summed E-state index contributed by atoms with van der Waals surface area (Å²) in [6, 6.07) is 9.07. The Kier molecular flexibility index (Phi) is 5.58. The first-order valence-corrected chi connectivity index (χ1v) is 12.0. The number of rotatable bonds is 5. The number of nitrogens with one attached hydrogen (secondary N) is 1. The Morgan fingerprint density at radius 1 is 1.03 bits per heavy atom. The predicted octanol–water partition coefficient (Wildman–Crippen LogP) is 5.63. The van der Waals surface area contributed by atoms with E-state index in [2.05, 4.69) is 29.6 Å². The lowest BCUT2D eigenvalue weighted by Gasteiger charge is -2.47. The molecule has 1 aromatic carbocycles. The number of aliphatic hydroxyl groups excluding tert-OH is 1. The molecule has 4 aliphatic carbocycles. The van der Waals surface area contributed by atoms with Gasteiger partial charge in [-0.3, -0.25) is 4.79 Å². The summed E-state index contributed by atoms with van der Waals surface area (Å²) in [4.78, 5) is 12.1. The minimum atomic E-state index is 0.321. The summed E-state index contributed by atoms with van der Waals surface area (Å²) in [7, 11) is 1.97. The van der Waals surface area contributed by atoms with Gasteiger partial charge in [-0.25, -0.2) is 0 Å². The Bertz CT molecular complexity index is 865. The maximum Gasteiger partial charge on any atom is 0.156 e. The van der Waals surface area contributed by atoms with Crippen molar-refractivity contribution in [1.29, 1.82) is 0 Å². The van der Waals surface area contributed by atoms with Gasteiger partial charge in [0.15, 0.2) is 5.78 Å². The topological polar surface area (TPSA) is 49.3 Å². The Labute approximate surface area is 180 Å². The molecule has 5 atom stereocenters. The molecule has 5 rings (SSSR count). The fraction of sp³-hybridized carbons (Fsp3) is 0.593. The molecule has 2 fully saturated rings. The highest BCUT2D eigenvalue weighted by Crippen LogP contribution is 2.60. The quantitative estimate of drug-likeness (QED) is 0.668. The van der Waals surface area contributed by atoms with E-state index in [0.29, 0.717) is 30.6 Å². The monoisotopic (exact) mass is 405 g/mol. The largest absolute Gasteiger partial charge is 0.396 e. The molecule has 1 aromatic rings. The molecule has 0 amide bonds. The SMILES string of the molecule is CNc1ccc([C@H]2CC3C(CC[C@@H]3CCCO)C3CCC4=CC(=O)CCC4=C32)cc1. The molecule has 0 bridgehead atoms. The van der Waals surface area contributed by atoms with Crippen LogP contribution in [0, 0.1) is 23.7 Å². The number of aliphatic hydroxyl groups is 1. The maximum absolute atomic E-state index is 12.1. The molecule has 30 heavy (non-hydrogen) atoms. The van der Waals surface area contributed by atoms with Crippen LogP contribution >= 0.6 is 0 Å². The minimum absolute atomic E-state index is 0.321. The Morgan fingerprint density at radius 3 is 2.63 bits per heavy atom. The van der Waals surface area contributed by atoms with Gasteiger partial charge < -0.3 is 10.4 Å². The standard InChI is InChI=1S/C27H35NO2/c1-28-20-8-4-18(5-9-20)26-16-25-17(3-2-14-29)6-11-23(25)24-12-7-19-15-21(30)10-13-22(19)27(24)26/h4-5,8-9,15,17,23-26,28-29H,2-3,6-7,10-14,16H2,1H3/t17-,23?,24?,25?,26+/m0/s1. The van der Waals surface area contributed by atoms with Gasteiger partial charge in [0.25, 0.3) is 0 Å². The van der Waals surface area contributed by atoms with E-state index >= 15 is 0 Å². The van der Waals surface area contributed by atoms with Crippen molar-refractivity contribution in [3.8, 4) is 0 Å². The number of hydrogen-bond donors (Lipinski definition) is 2. The third kappa shape index (κ3) is 3.45. The summed E-state index contributed by atoms with van der Waals surface area (Å²) in [6.45, 7) is 0.323. The average molecular weight is 406 g/mol. The molecule has 160 valence electrons. The van der Waals surface area contributed by atoms with Crippen LogP contribution < -0.4 is 5.32 Å². The zero-order valence-electron chi connectivity index (χ0n) is 18.2. The maximum atomic E-state index is 12.1. The lowest BCUT2D eigenvalue weighted by molar-refractivity contribution is -0.114. The van der Waals surface area contributed by atoms with Crippen molar-refractivity contribution in [2.75, 3.05) is 19.0 Å². The van der Waals surface area contributed by atoms with Gasteiger partial charge in [0, 0.05) is 31.7 Å². The van der Waals surface area contributed by atoms with Crippen LogP contribution in [0.1, 0.15) is 69.3 Å². The van der Waals surface area contributed by atoms with Crippen LogP contribution in [0.2, 0.25) is 0 Å². The van der Waals surface area contributed by atoms with Crippen molar-refractivity contribution in [2.24, 2.45) is 23.7 Å². The molecule has 0 aliphatic heterocycles. The van der Waals surface area contributed by atoms with Crippen molar-refractivity contribution in [3.05, 3.63) is 52.6 Å². The average Bonchev–Trinajstić information content (AvgIpc) is 3.19. The number of ketones is 1. The summed E-state index contributed by atoms with van der Waals surface area (Å²) < 4.78 is 0. The molecule has 2 saturated carbocycles. The molecule has 0 heterocycles. The normalized spacial score (nSPS) is 32.9. The number of fused-ring (bicyclic) bond motifs is 4. The van der Waals surface area contributed by atoms with Gasteiger partial charge in [-0.1, -0.05) is 17.7 Å². The second-order valence-corrected chi connectivity index (χ2v) is 9.91. The second-order valence-electron chi connectivity index (χ2n) is 9.91. The van der Waals surface area contributed by atoms with Crippen molar-refractivity contribution < 1.29 is 9.90 Å². The van der Waals surface area contributed by atoms with E-state index < -0.39 is 0 Å². The van der Waals surface area contributed by atoms with Crippen molar-refractivity contribution >= 4 is 11.5 Å². The molecule has 3 nitrogen and oxygen atoms in total. The van der Waals surface area contributed by atoms with Gasteiger partial charge in [0.1, 0.15) is 0 Å². The number of carbonyl (C=O) groups excluding carboxylic acids is 1. The fourth-order valence-electron chi connectivity index (χ4n) is 7.28. The zero-order chi connectivity index (χ0) is 20.7. The van der Waals surface area contributed by atoms with Crippen LogP contribution in [0.25, 0.3) is 0 Å².